The van der Waals surface area contributed by atoms with E-state index >= 15 is 0 Å². The molecule has 112 valence electrons. The summed E-state index contributed by atoms with van der Waals surface area (Å²) in [6, 6.07) is -0.235. The number of nitrogens with one attached hydrogen (secondary N) is 2. The van der Waals surface area contributed by atoms with E-state index in [0.29, 0.717) is 12.5 Å². The van der Waals surface area contributed by atoms with Crippen LogP contribution in [0.3, 0.4) is 0 Å². The Morgan fingerprint density at radius 3 is 3.00 bits per heavy atom. The highest BCUT2D eigenvalue weighted by atomic mass is 32.1. The zero-order valence-electron chi connectivity index (χ0n) is 12.1. The van der Waals surface area contributed by atoms with Crippen molar-refractivity contribution < 1.29 is 9.90 Å². The largest absolute Gasteiger partial charge is 0.393 e. The van der Waals surface area contributed by atoms with Crippen molar-refractivity contribution in [3.8, 4) is 0 Å². The molecule has 2 rings (SSSR count). The minimum absolute atomic E-state index is 0.0746. The molecule has 1 aromatic heterocycles. The van der Waals surface area contributed by atoms with E-state index in [1.165, 1.54) is 4.88 Å². The number of hydrogen-bond acceptors (Lipinski definition) is 4. The van der Waals surface area contributed by atoms with E-state index in [4.69, 9.17) is 0 Å². The summed E-state index contributed by atoms with van der Waals surface area (Å²) in [5.41, 5.74) is 0. The van der Waals surface area contributed by atoms with Gasteiger partial charge in [-0.05, 0) is 38.5 Å². The molecule has 1 aromatic rings. The van der Waals surface area contributed by atoms with Crippen LogP contribution in [0.4, 0.5) is 4.79 Å². The molecule has 0 bridgehead atoms. The van der Waals surface area contributed by atoms with Crippen molar-refractivity contribution in [2.24, 2.45) is 5.92 Å². The van der Waals surface area contributed by atoms with Gasteiger partial charge in [-0.3, -0.25) is 0 Å². The fourth-order valence-corrected chi connectivity index (χ4v) is 3.33. The van der Waals surface area contributed by atoms with Gasteiger partial charge in [-0.1, -0.05) is 6.92 Å². The van der Waals surface area contributed by atoms with Crippen molar-refractivity contribution in [1.82, 2.24) is 15.6 Å². The molecule has 0 spiro atoms. The molecule has 3 atom stereocenters. The number of nitrogens with zero attached hydrogens (tertiary/aromatic N) is 1. The number of rotatable bonds is 5. The second kappa shape index (κ2) is 7.04. The van der Waals surface area contributed by atoms with Crippen LogP contribution in [0.25, 0.3) is 0 Å². The van der Waals surface area contributed by atoms with Crippen LogP contribution >= 0.6 is 11.3 Å². The van der Waals surface area contributed by atoms with Gasteiger partial charge in [-0.15, -0.1) is 11.3 Å². The second-order valence-electron chi connectivity index (χ2n) is 5.43. The van der Waals surface area contributed by atoms with Crippen LogP contribution in [0, 0.1) is 5.92 Å². The molecule has 0 saturated heterocycles. The van der Waals surface area contributed by atoms with Crippen LogP contribution in [-0.4, -0.2) is 28.8 Å². The van der Waals surface area contributed by atoms with Gasteiger partial charge >= 0.3 is 6.03 Å². The smallest absolute Gasteiger partial charge is 0.315 e. The van der Waals surface area contributed by atoms with Crippen molar-refractivity contribution in [1.29, 1.82) is 0 Å². The van der Waals surface area contributed by atoms with Gasteiger partial charge < -0.3 is 15.7 Å². The Morgan fingerprint density at radius 1 is 1.60 bits per heavy atom. The SMILES string of the molecule is CCc1cnc(C(C)NC(=O)NCC2CCC(O)C2)s1. The van der Waals surface area contributed by atoms with E-state index < -0.39 is 0 Å². The monoisotopic (exact) mass is 297 g/mol. The fraction of sp³-hybridized carbons (Fsp3) is 0.714. The van der Waals surface area contributed by atoms with Gasteiger partial charge in [-0.2, -0.15) is 0 Å². The third-order valence-electron chi connectivity index (χ3n) is 3.70. The first kappa shape index (κ1) is 15.3. The zero-order valence-corrected chi connectivity index (χ0v) is 12.9. The third kappa shape index (κ3) is 4.18. The molecule has 0 aromatic carbocycles. The molecule has 6 heteroatoms. The maximum absolute atomic E-state index is 11.8. The number of aliphatic hydroxyl groups is 1. The highest BCUT2D eigenvalue weighted by Crippen LogP contribution is 2.24. The number of amides is 2. The van der Waals surface area contributed by atoms with Crippen molar-refractivity contribution >= 4 is 17.4 Å². The van der Waals surface area contributed by atoms with E-state index in [1.54, 1.807) is 11.3 Å². The summed E-state index contributed by atoms with van der Waals surface area (Å²) in [5.74, 6) is 0.401. The number of aryl methyl sites for hydroxylation is 1. The van der Waals surface area contributed by atoms with Gasteiger partial charge in [-0.25, -0.2) is 9.78 Å². The summed E-state index contributed by atoms with van der Waals surface area (Å²) in [5, 5.41) is 16.2. The average molecular weight is 297 g/mol. The Kier molecular flexibility index (Phi) is 5.37. The van der Waals surface area contributed by atoms with Crippen LogP contribution < -0.4 is 10.6 Å². The lowest BCUT2D eigenvalue weighted by Gasteiger charge is -2.14. The first-order chi connectivity index (χ1) is 9.58. The zero-order chi connectivity index (χ0) is 14.5. The number of carbonyl (C=O) groups is 1. The van der Waals surface area contributed by atoms with Crippen LogP contribution in [0.1, 0.15) is 49.0 Å². The summed E-state index contributed by atoms with van der Waals surface area (Å²) >= 11 is 1.64. The van der Waals surface area contributed by atoms with Crippen molar-refractivity contribution in [2.45, 2.75) is 51.7 Å². The minimum Gasteiger partial charge on any atom is -0.393 e. The highest BCUT2D eigenvalue weighted by molar-refractivity contribution is 7.11. The molecular formula is C14H23N3O2S. The highest BCUT2D eigenvalue weighted by Gasteiger charge is 2.23. The van der Waals surface area contributed by atoms with Gasteiger partial charge in [0.25, 0.3) is 0 Å². The Hall–Kier alpha value is -1.14. The van der Waals surface area contributed by atoms with E-state index in [9.17, 15) is 9.90 Å². The van der Waals surface area contributed by atoms with E-state index in [0.717, 1.165) is 30.7 Å². The normalized spacial score (nSPS) is 23.6. The molecule has 1 fully saturated rings. The Bertz CT molecular complexity index is 449. The molecule has 5 nitrogen and oxygen atoms in total. The lowest BCUT2D eigenvalue weighted by atomic mass is 10.1. The Labute approximate surface area is 123 Å². The molecule has 20 heavy (non-hydrogen) atoms. The lowest BCUT2D eigenvalue weighted by Crippen LogP contribution is -2.39. The summed E-state index contributed by atoms with van der Waals surface area (Å²) in [7, 11) is 0. The average Bonchev–Trinajstić information content (AvgIpc) is 3.05. The Morgan fingerprint density at radius 2 is 2.40 bits per heavy atom. The Balaban J connectivity index is 1.73. The first-order valence-corrected chi connectivity index (χ1v) is 8.07. The van der Waals surface area contributed by atoms with Crippen LogP contribution in [0.2, 0.25) is 0 Å². The molecule has 3 N–H and O–H groups in total. The van der Waals surface area contributed by atoms with Gasteiger partial charge in [0.05, 0.1) is 12.1 Å². The molecule has 3 unspecified atom stereocenters. The van der Waals surface area contributed by atoms with Gasteiger partial charge in [0.2, 0.25) is 0 Å². The number of hydrogen-bond donors (Lipinski definition) is 3. The lowest BCUT2D eigenvalue weighted by molar-refractivity contribution is 0.177. The minimum atomic E-state index is -0.188. The molecule has 1 aliphatic rings. The molecular weight excluding hydrogens is 274 g/mol. The van der Waals surface area contributed by atoms with Gasteiger partial charge in [0, 0.05) is 17.6 Å². The third-order valence-corrected chi connectivity index (χ3v) is 5.03. The van der Waals surface area contributed by atoms with Gasteiger partial charge in [0.1, 0.15) is 5.01 Å². The maximum atomic E-state index is 11.8. The number of aromatic nitrogens is 1. The molecule has 1 aliphatic carbocycles. The quantitative estimate of drug-likeness (QED) is 0.780. The summed E-state index contributed by atoms with van der Waals surface area (Å²) in [6.45, 7) is 4.67. The number of urea groups is 1. The van der Waals surface area contributed by atoms with Crippen molar-refractivity contribution in [2.75, 3.05) is 6.54 Å². The van der Waals surface area contributed by atoms with Crippen LogP contribution in [-0.2, 0) is 6.42 Å². The predicted molar refractivity (Wildman–Crippen MR) is 79.8 cm³/mol. The van der Waals surface area contributed by atoms with Crippen molar-refractivity contribution in [3.05, 3.63) is 16.1 Å². The molecule has 1 heterocycles. The van der Waals surface area contributed by atoms with Crippen LogP contribution in [0.5, 0.6) is 0 Å². The number of aliphatic hydroxyl groups excluding tert-OH is 1. The van der Waals surface area contributed by atoms with Gasteiger partial charge in [0.15, 0.2) is 0 Å². The predicted octanol–water partition coefficient (Wildman–Crippen LogP) is 2.23. The number of thiazole rings is 1. The molecule has 2 amide bonds. The standard InChI is InChI=1S/C14H23N3O2S/c1-3-12-8-15-13(20-12)9(2)17-14(19)16-7-10-4-5-11(18)6-10/h8-11,18H,3-7H2,1-2H3,(H2,16,17,19). The summed E-state index contributed by atoms with van der Waals surface area (Å²) in [4.78, 5) is 17.4. The van der Waals surface area contributed by atoms with Crippen molar-refractivity contribution in [3.63, 3.8) is 0 Å². The van der Waals surface area contributed by atoms with E-state index in [-0.39, 0.29) is 18.2 Å². The summed E-state index contributed by atoms with van der Waals surface area (Å²) in [6.07, 6.45) is 5.29. The van der Waals surface area contributed by atoms with E-state index in [1.807, 2.05) is 13.1 Å². The molecule has 0 aliphatic heterocycles. The molecule has 1 saturated carbocycles. The van der Waals surface area contributed by atoms with E-state index in [2.05, 4.69) is 22.5 Å². The topological polar surface area (TPSA) is 74.2 Å². The fourth-order valence-electron chi connectivity index (χ4n) is 2.47. The first-order valence-electron chi connectivity index (χ1n) is 7.25. The number of carbonyl (C=O) groups excluding carboxylic acids is 1. The van der Waals surface area contributed by atoms with Crippen LogP contribution in [0.15, 0.2) is 6.20 Å². The molecule has 0 radical (unpaired) electrons. The summed E-state index contributed by atoms with van der Waals surface area (Å²) < 4.78 is 0. The second-order valence-corrected chi connectivity index (χ2v) is 6.57. The maximum Gasteiger partial charge on any atom is 0.315 e.